The molecule has 1 aliphatic heterocycles. The molecule has 5 nitrogen and oxygen atoms in total. The van der Waals surface area contributed by atoms with E-state index in [1.54, 1.807) is 23.9 Å². The van der Waals surface area contributed by atoms with Crippen molar-refractivity contribution in [1.82, 2.24) is 15.5 Å². The Morgan fingerprint density at radius 3 is 2.68 bits per heavy atom. The predicted molar refractivity (Wildman–Crippen MR) is 107 cm³/mol. The number of carbonyl (C=O) groups excluding carboxylic acids is 2. The van der Waals surface area contributed by atoms with Gasteiger partial charge >= 0.3 is 0 Å². The summed E-state index contributed by atoms with van der Waals surface area (Å²) in [6.45, 7) is 1.49. The number of hydrogen-bond acceptors (Lipinski definition) is 4. The van der Waals surface area contributed by atoms with Crippen LogP contribution in [-0.2, 0) is 4.79 Å². The summed E-state index contributed by atoms with van der Waals surface area (Å²) >= 11 is 1.69. The van der Waals surface area contributed by atoms with Crippen LogP contribution in [0.2, 0.25) is 0 Å². The Kier molecular flexibility index (Phi) is 9.93. The number of likely N-dealkylation sites (N-methyl/N-ethyl adjacent to an activating group) is 1. The second-order valence-electron chi connectivity index (χ2n) is 6.09. The summed E-state index contributed by atoms with van der Waals surface area (Å²) in [6.07, 6.45) is 4.75. The predicted octanol–water partition coefficient (Wildman–Crippen LogP) is 2.17. The van der Waals surface area contributed by atoms with E-state index in [-0.39, 0.29) is 24.2 Å². The molecule has 1 heterocycles. The van der Waals surface area contributed by atoms with E-state index in [1.165, 1.54) is 0 Å². The third-order valence-electron chi connectivity index (χ3n) is 4.39. The summed E-state index contributed by atoms with van der Waals surface area (Å²) in [5.41, 5.74) is 0.589. The van der Waals surface area contributed by atoms with E-state index in [2.05, 4.69) is 10.6 Å². The van der Waals surface area contributed by atoms with Gasteiger partial charge in [-0.15, -0.1) is 12.4 Å². The number of hydrogen-bond donors (Lipinski definition) is 2. The maximum Gasteiger partial charge on any atom is 0.251 e. The fourth-order valence-corrected chi connectivity index (χ4v) is 3.43. The van der Waals surface area contributed by atoms with Gasteiger partial charge in [0.2, 0.25) is 5.91 Å². The van der Waals surface area contributed by atoms with Crippen molar-refractivity contribution in [3.8, 4) is 0 Å². The van der Waals surface area contributed by atoms with Crippen LogP contribution in [-0.4, -0.2) is 60.9 Å². The largest absolute Gasteiger partial charge is 0.340 e. The average Bonchev–Trinajstić information content (AvgIpc) is 2.65. The van der Waals surface area contributed by atoms with Crippen LogP contribution in [0.25, 0.3) is 0 Å². The third-order valence-corrected chi connectivity index (χ3v) is 5.04. The lowest BCUT2D eigenvalue weighted by molar-refractivity contribution is -0.134. The molecule has 1 aromatic carbocycles. The molecule has 140 valence electrons. The summed E-state index contributed by atoms with van der Waals surface area (Å²) in [7, 11) is 1.93. The first-order valence-electron chi connectivity index (χ1n) is 8.46. The molecular weight excluding hydrogens is 358 g/mol. The number of benzene rings is 1. The van der Waals surface area contributed by atoms with Gasteiger partial charge in [-0.25, -0.2) is 0 Å². The molecule has 2 amide bonds. The summed E-state index contributed by atoms with van der Waals surface area (Å²) < 4.78 is 0. The number of halogens is 1. The Morgan fingerprint density at radius 2 is 2.04 bits per heavy atom. The van der Waals surface area contributed by atoms with Crippen molar-refractivity contribution in [2.45, 2.75) is 31.3 Å². The number of amides is 2. The van der Waals surface area contributed by atoms with E-state index in [0.29, 0.717) is 24.6 Å². The lowest BCUT2D eigenvalue weighted by Gasteiger charge is -2.35. The molecule has 0 aliphatic carbocycles. The van der Waals surface area contributed by atoms with Gasteiger partial charge in [-0.2, -0.15) is 11.8 Å². The molecule has 1 fully saturated rings. The number of nitrogens with zero attached hydrogens (tertiary/aromatic N) is 1. The van der Waals surface area contributed by atoms with Crippen LogP contribution in [0, 0.1) is 0 Å². The molecule has 25 heavy (non-hydrogen) atoms. The minimum Gasteiger partial charge on any atom is -0.340 e. The second-order valence-corrected chi connectivity index (χ2v) is 7.07. The molecule has 0 spiro atoms. The first kappa shape index (κ1) is 21.8. The van der Waals surface area contributed by atoms with Crippen LogP contribution in [0.4, 0.5) is 0 Å². The quantitative estimate of drug-likeness (QED) is 0.755. The zero-order chi connectivity index (χ0) is 17.4. The zero-order valence-corrected chi connectivity index (χ0v) is 16.5. The molecule has 0 aromatic heterocycles. The Balaban J connectivity index is 0.00000312. The van der Waals surface area contributed by atoms with Gasteiger partial charge in [0, 0.05) is 24.7 Å². The fourth-order valence-electron chi connectivity index (χ4n) is 2.96. The number of piperidine rings is 1. The van der Waals surface area contributed by atoms with Crippen LogP contribution < -0.4 is 10.6 Å². The third kappa shape index (κ3) is 6.53. The van der Waals surface area contributed by atoms with Gasteiger partial charge < -0.3 is 15.5 Å². The highest BCUT2D eigenvalue weighted by atomic mass is 35.5. The molecule has 2 rings (SSSR count). The van der Waals surface area contributed by atoms with E-state index in [9.17, 15) is 9.59 Å². The Labute approximate surface area is 160 Å². The highest BCUT2D eigenvalue weighted by Gasteiger charge is 2.29. The van der Waals surface area contributed by atoms with E-state index in [1.807, 2.05) is 36.4 Å². The zero-order valence-electron chi connectivity index (χ0n) is 14.9. The van der Waals surface area contributed by atoms with Crippen molar-refractivity contribution in [2.24, 2.45) is 0 Å². The van der Waals surface area contributed by atoms with Crippen molar-refractivity contribution >= 4 is 36.0 Å². The van der Waals surface area contributed by atoms with E-state index in [4.69, 9.17) is 0 Å². The Bertz CT molecular complexity index is 544. The molecule has 2 unspecified atom stereocenters. The smallest absolute Gasteiger partial charge is 0.251 e. The van der Waals surface area contributed by atoms with Crippen LogP contribution in [0.5, 0.6) is 0 Å². The van der Waals surface area contributed by atoms with Crippen molar-refractivity contribution < 1.29 is 9.59 Å². The van der Waals surface area contributed by atoms with E-state index >= 15 is 0 Å². The average molecular weight is 386 g/mol. The fraction of sp³-hybridized carbons (Fsp3) is 0.556. The topological polar surface area (TPSA) is 61.4 Å². The van der Waals surface area contributed by atoms with Crippen LogP contribution in [0.3, 0.4) is 0 Å². The van der Waals surface area contributed by atoms with Gasteiger partial charge in [-0.3, -0.25) is 9.59 Å². The molecule has 1 aromatic rings. The maximum atomic E-state index is 12.9. The van der Waals surface area contributed by atoms with Crippen molar-refractivity contribution in [3.63, 3.8) is 0 Å². The molecule has 1 aliphatic rings. The van der Waals surface area contributed by atoms with Gasteiger partial charge in [0.25, 0.3) is 5.91 Å². The number of thioether (sulfide) groups is 1. The van der Waals surface area contributed by atoms with Crippen molar-refractivity contribution in [3.05, 3.63) is 35.9 Å². The molecule has 1 saturated heterocycles. The highest BCUT2D eigenvalue weighted by Crippen LogP contribution is 2.13. The lowest BCUT2D eigenvalue weighted by atomic mass is 10.0. The molecular formula is C18H28ClN3O2S. The molecule has 0 radical (unpaired) electrons. The minimum atomic E-state index is -0.458. The number of carbonyl (C=O) groups is 2. The van der Waals surface area contributed by atoms with E-state index < -0.39 is 6.04 Å². The summed E-state index contributed by atoms with van der Waals surface area (Å²) in [4.78, 5) is 27.2. The SMILES string of the molecule is CNC1CCCN(C(=O)C(CCSC)NC(=O)c2ccccc2)C1.Cl. The second kappa shape index (κ2) is 11.4. The molecule has 2 N–H and O–H groups in total. The van der Waals surface area contributed by atoms with Gasteiger partial charge in [0.1, 0.15) is 6.04 Å². The maximum absolute atomic E-state index is 12.9. The number of nitrogens with one attached hydrogen (secondary N) is 2. The highest BCUT2D eigenvalue weighted by molar-refractivity contribution is 7.98. The standard InChI is InChI=1S/C18H27N3O2S.ClH/c1-19-15-9-6-11-21(13-15)18(23)16(10-12-24-2)20-17(22)14-7-4-3-5-8-14;/h3-5,7-8,15-16,19H,6,9-13H2,1-2H3,(H,20,22);1H. The molecule has 0 saturated carbocycles. The number of rotatable bonds is 7. The summed E-state index contributed by atoms with van der Waals surface area (Å²) in [6, 6.07) is 8.95. The van der Waals surface area contributed by atoms with Gasteiger partial charge in [0.05, 0.1) is 0 Å². The van der Waals surface area contributed by atoms with Gasteiger partial charge in [0.15, 0.2) is 0 Å². The number of likely N-dealkylation sites (tertiary alicyclic amines) is 1. The summed E-state index contributed by atoms with van der Waals surface area (Å²) in [5.74, 6) is 0.694. The molecule has 2 atom stereocenters. The molecule has 0 bridgehead atoms. The Hall–Kier alpha value is -1.24. The van der Waals surface area contributed by atoms with Crippen molar-refractivity contribution in [1.29, 1.82) is 0 Å². The van der Waals surface area contributed by atoms with Gasteiger partial charge in [-0.05, 0) is 50.5 Å². The minimum absolute atomic E-state index is 0. The normalized spacial score (nSPS) is 18.2. The van der Waals surface area contributed by atoms with Crippen LogP contribution in [0.15, 0.2) is 30.3 Å². The Morgan fingerprint density at radius 1 is 1.32 bits per heavy atom. The van der Waals surface area contributed by atoms with Crippen LogP contribution in [0.1, 0.15) is 29.6 Å². The first-order valence-corrected chi connectivity index (χ1v) is 9.86. The molecule has 7 heteroatoms. The van der Waals surface area contributed by atoms with Crippen molar-refractivity contribution in [2.75, 3.05) is 32.1 Å². The summed E-state index contributed by atoms with van der Waals surface area (Å²) in [5, 5.41) is 6.19. The van der Waals surface area contributed by atoms with Crippen LogP contribution >= 0.6 is 24.2 Å². The monoisotopic (exact) mass is 385 g/mol. The first-order chi connectivity index (χ1) is 11.7. The van der Waals surface area contributed by atoms with E-state index in [0.717, 1.165) is 25.1 Å². The lowest BCUT2D eigenvalue weighted by Crippen LogP contribution is -2.54. The van der Waals surface area contributed by atoms with Gasteiger partial charge in [-0.1, -0.05) is 18.2 Å².